The summed E-state index contributed by atoms with van der Waals surface area (Å²) in [5.41, 5.74) is 8.00. The highest BCUT2D eigenvalue weighted by Gasteiger charge is 2.70. The summed E-state index contributed by atoms with van der Waals surface area (Å²) in [7, 11) is 3.13. The van der Waals surface area contributed by atoms with Gasteiger partial charge in [0.2, 0.25) is 5.75 Å². The monoisotopic (exact) mass is 1030 g/mol. The van der Waals surface area contributed by atoms with E-state index in [9.17, 15) is 30.0 Å². The van der Waals surface area contributed by atoms with E-state index in [1.165, 1.54) is 24.8 Å². The Morgan fingerprint density at radius 2 is 1.53 bits per heavy atom. The van der Waals surface area contributed by atoms with Gasteiger partial charge in [-0.15, -0.1) is 0 Å². The predicted octanol–water partition coefficient (Wildman–Crippen LogP) is 9.17. The molecule has 6 aliphatic carbocycles. The molecule has 6 N–H and O–H groups in total. The average Bonchev–Trinajstić information content (AvgIpc) is 4.19. The maximum atomic E-state index is 14.1. The molecular formula is C62H69N3O11. The van der Waals surface area contributed by atoms with Gasteiger partial charge in [0, 0.05) is 69.5 Å². The first-order chi connectivity index (χ1) is 37.0. The van der Waals surface area contributed by atoms with E-state index in [1.54, 1.807) is 24.1 Å². The second-order valence-electron chi connectivity index (χ2n) is 23.0. The van der Waals surface area contributed by atoms with Crippen LogP contribution in [0.1, 0.15) is 134 Å². The minimum atomic E-state index is -1.06. The van der Waals surface area contributed by atoms with Crippen LogP contribution in [0.5, 0.6) is 34.5 Å². The number of anilines is 1. The van der Waals surface area contributed by atoms with E-state index in [2.05, 4.69) is 53.1 Å². The number of methoxy groups -OCH3 is 2. The van der Waals surface area contributed by atoms with Crippen LogP contribution in [-0.4, -0.2) is 90.0 Å². The zero-order valence-corrected chi connectivity index (χ0v) is 43.7. The summed E-state index contributed by atoms with van der Waals surface area (Å²) < 4.78 is 31.5. The number of nitrogens with zero attached hydrogens (tertiary/aromatic N) is 1. The van der Waals surface area contributed by atoms with Crippen molar-refractivity contribution >= 4 is 29.7 Å². The molecule has 4 aromatic rings. The van der Waals surface area contributed by atoms with Crippen molar-refractivity contribution in [2.75, 3.05) is 52.6 Å². The molecule has 9 aliphatic rings. The Kier molecular flexibility index (Phi) is 12.1. The molecule has 0 aromatic heterocycles. The van der Waals surface area contributed by atoms with Crippen LogP contribution in [0.4, 0.5) is 5.69 Å². The molecule has 14 heteroatoms. The molecule has 3 aliphatic heterocycles. The Morgan fingerprint density at radius 3 is 2.25 bits per heavy atom. The number of carbonyl (C=O) groups excluding carboxylic acids is 2. The first-order valence-electron chi connectivity index (χ1n) is 27.8. The summed E-state index contributed by atoms with van der Waals surface area (Å²) in [6.07, 6.45) is 20.7. The van der Waals surface area contributed by atoms with Crippen LogP contribution in [0.25, 0.3) is 23.3 Å². The van der Waals surface area contributed by atoms with Gasteiger partial charge in [0.05, 0.1) is 51.2 Å². The van der Waals surface area contributed by atoms with Gasteiger partial charge in [-0.1, -0.05) is 81.5 Å². The number of aromatic hydroxyl groups is 1. The fraction of sp³-hybridized carbons (Fsp3) is 0.484. The van der Waals surface area contributed by atoms with Crippen molar-refractivity contribution in [3.8, 4) is 45.6 Å². The smallest absolute Gasteiger partial charge is 0.254 e. The summed E-state index contributed by atoms with van der Waals surface area (Å²) >= 11 is 0. The Bertz CT molecular complexity index is 3110. The normalized spacial score (nSPS) is 27.8. The van der Waals surface area contributed by atoms with E-state index in [0.29, 0.717) is 59.0 Å². The molecule has 3 heterocycles. The lowest BCUT2D eigenvalue weighted by Gasteiger charge is -2.68. The van der Waals surface area contributed by atoms with Gasteiger partial charge in [-0.3, -0.25) is 19.8 Å². The first-order valence-corrected chi connectivity index (χ1v) is 27.8. The lowest BCUT2D eigenvalue weighted by molar-refractivity contribution is -0.168. The van der Waals surface area contributed by atoms with E-state index in [-0.39, 0.29) is 78.8 Å². The van der Waals surface area contributed by atoms with Crippen molar-refractivity contribution in [2.24, 2.45) is 29.1 Å². The number of phenolic OH excluding ortho intramolecular Hbond substituents is 1. The third-order valence-electron chi connectivity index (χ3n) is 19.7. The van der Waals surface area contributed by atoms with E-state index in [1.807, 2.05) is 19.1 Å². The highest BCUT2D eigenvalue weighted by atomic mass is 16.5. The van der Waals surface area contributed by atoms with Crippen molar-refractivity contribution in [3.05, 3.63) is 111 Å². The molecule has 0 saturated heterocycles. The number of fused-ring (bicyclic) bond motifs is 2. The Hall–Kier alpha value is -6.32. The maximum absolute atomic E-state index is 14.1. The molecule has 0 bridgehead atoms. The Balaban J connectivity index is 0.881. The van der Waals surface area contributed by atoms with Gasteiger partial charge in [0.1, 0.15) is 24.0 Å². The molecule has 3 fully saturated rings. The van der Waals surface area contributed by atoms with Crippen molar-refractivity contribution in [1.82, 2.24) is 10.2 Å². The number of aliphatic hydroxyl groups is 3. The van der Waals surface area contributed by atoms with Crippen LogP contribution < -0.4 is 34.3 Å². The molecule has 2 amide bonds. The number of aliphatic hydroxyl groups excluding tert-OH is 3. The fourth-order valence-corrected chi connectivity index (χ4v) is 16.9. The van der Waals surface area contributed by atoms with Crippen LogP contribution in [0.2, 0.25) is 0 Å². The number of hydrogen-bond acceptors (Lipinski definition) is 13. The number of imide groups is 1. The third-order valence-corrected chi connectivity index (χ3v) is 19.7. The molecule has 8 atom stereocenters. The fourth-order valence-electron chi connectivity index (χ4n) is 16.9. The standard InChI is InChI=1S/C62H69N3O11/c1-4-63-33-76-46-28-44(72-2)39-16-17-40-51-43(64-59(71)54(46)53(39)51)27-45-52(40)56(69)41(32-75-45)36-25-47(73-3)57(70)48(26-36)74-31-38(30-66)62-37-15-13-34-11-10-12-35(55(34)62)14-18-42(62)58(60(29-37)21-8-9-22-60)61(23-6-5-7-24-61)65-49(67)19-20-50(65)68/h10-15,18-20,25-28,37-38,41-42,56,58-59,63-64,66,69-71H,4-9,16-17,21-24,29-33H2,1-3H3/t37-,38+,41+,42+,56+,58+,59-,62+/m1/s1. The van der Waals surface area contributed by atoms with Crippen LogP contribution in [-0.2, 0) is 27.8 Å². The third kappa shape index (κ3) is 7.04. The summed E-state index contributed by atoms with van der Waals surface area (Å²) in [6.45, 7) is 2.86. The zero-order chi connectivity index (χ0) is 52.3. The van der Waals surface area contributed by atoms with Crippen molar-refractivity contribution < 1.29 is 53.7 Å². The number of nitrogens with one attached hydrogen (secondary N) is 2. The number of benzene rings is 4. The molecule has 0 unspecified atom stereocenters. The van der Waals surface area contributed by atoms with E-state index in [4.69, 9.17) is 23.7 Å². The zero-order valence-electron chi connectivity index (χ0n) is 43.7. The Morgan fingerprint density at radius 1 is 0.816 bits per heavy atom. The van der Waals surface area contributed by atoms with E-state index >= 15 is 0 Å². The molecule has 76 heavy (non-hydrogen) atoms. The number of phenols is 1. The van der Waals surface area contributed by atoms with Gasteiger partial charge >= 0.3 is 0 Å². The van der Waals surface area contributed by atoms with Crippen LogP contribution in [0, 0.1) is 29.1 Å². The highest BCUT2D eigenvalue weighted by molar-refractivity contribution is 6.13. The number of allylic oxidation sites excluding steroid dienone is 2. The lowest BCUT2D eigenvalue weighted by atomic mass is 9.37. The largest absolute Gasteiger partial charge is 0.502 e. The minimum Gasteiger partial charge on any atom is -0.502 e. The van der Waals surface area contributed by atoms with E-state index < -0.39 is 35.1 Å². The second-order valence-corrected chi connectivity index (χ2v) is 23.0. The first kappa shape index (κ1) is 49.3. The van der Waals surface area contributed by atoms with Gasteiger partial charge in [0.15, 0.2) is 17.7 Å². The minimum absolute atomic E-state index is 0.00516. The highest BCUT2D eigenvalue weighted by Crippen LogP contribution is 2.72. The molecule has 13 rings (SSSR count). The topological polar surface area (TPSA) is 189 Å². The van der Waals surface area contributed by atoms with Gasteiger partial charge < -0.3 is 49.4 Å². The van der Waals surface area contributed by atoms with Crippen molar-refractivity contribution in [1.29, 1.82) is 0 Å². The van der Waals surface area contributed by atoms with Crippen molar-refractivity contribution in [2.45, 2.75) is 113 Å². The lowest BCUT2D eigenvalue weighted by Crippen LogP contribution is -2.70. The maximum Gasteiger partial charge on any atom is 0.254 e. The molecule has 398 valence electrons. The van der Waals surface area contributed by atoms with Crippen LogP contribution in [0.3, 0.4) is 0 Å². The summed E-state index contributed by atoms with van der Waals surface area (Å²) in [4.78, 5) is 29.9. The van der Waals surface area contributed by atoms with E-state index in [0.717, 1.165) is 97.6 Å². The average molecular weight is 1030 g/mol. The van der Waals surface area contributed by atoms with Crippen LogP contribution >= 0.6 is 0 Å². The molecule has 3 saturated carbocycles. The second kappa shape index (κ2) is 18.7. The van der Waals surface area contributed by atoms with Crippen LogP contribution in [0.15, 0.2) is 66.8 Å². The molecule has 4 aromatic carbocycles. The molecule has 1 spiro atoms. The summed E-state index contributed by atoms with van der Waals surface area (Å²) in [5.74, 6) is 0.0377. The molecule has 0 radical (unpaired) electrons. The van der Waals surface area contributed by atoms with Gasteiger partial charge in [0.25, 0.3) is 11.8 Å². The van der Waals surface area contributed by atoms with Gasteiger partial charge in [-0.05, 0) is 115 Å². The number of carbonyl (C=O) groups is 2. The number of hydrogen-bond donors (Lipinski definition) is 6. The molecular weight excluding hydrogens is 963 g/mol. The number of ether oxygens (including phenoxy) is 5. The SMILES string of the molecule is CCNCOc1cc(OC)c2c3c1[C@@H](O)Nc1cc4c(c(c1-3)CC2)[C@@H](O)[C@H](c1cc(OC)c(O)c(OC[C@H](CO)[C@]23c5c6cccc5C=C[C@H]2[C@H](C2(N5C(=O)C=CC5=O)CCCCC2)C2(CCCC2)C[C@H]3C=C6)c1)CO4. The van der Waals surface area contributed by atoms with Gasteiger partial charge in [-0.2, -0.15) is 0 Å². The quantitative estimate of drug-likeness (QED) is 0.0399. The van der Waals surface area contributed by atoms with Gasteiger partial charge in [-0.25, -0.2) is 0 Å². The summed E-state index contributed by atoms with van der Waals surface area (Å²) in [6, 6.07) is 13.6. The number of rotatable bonds is 14. The molecule has 14 nitrogen and oxygen atoms in total. The predicted molar refractivity (Wildman–Crippen MR) is 287 cm³/mol. The van der Waals surface area contributed by atoms with Crippen molar-refractivity contribution in [3.63, 3.8) is 0 Å². The summed E-state index contributed by atoms with van der Waals surface area (Å²) in [5, 5.41) is 55.0. The Labute approximate surface area is 443 Å². The number of amides is 2.